The third-order valence-corrected chi connectivity index (χ3v) is 9.64. The Morgan fingerprint density at radius 2 is 1.07 bits per heavy atom. The Kier molecular flexibility index (Phi) is 12.4. The molecule has 0 spiro atoms. The van der Waals surface area contributed by atoms with Crippen molar-refractivity contribution in [2.75, 3.05) is 27.4 Å². The molecule has 1 aromatic rings. The van der Waals surface area contributed by atoms with Gasteiger partial charge in [-0.15, -0.1) is 0 Å². The van der Waals surface area contributed by atoms with Gasteiger partial charge in [0, 0.05) is 36.4 Å². The number of nitrogens with one attached hydrogen (secondary N) is 2. The standard InChI is InChI=1S/C31H52N7O7P/c1-28(2)15-21(16-29(3,4)37-28)11-13-44-23(39)19-32-25-34-26(36-27(35-25)46(41,42-9)43-10)33-20-24(40)45-14-12-22-17-30(5,6)38-31(7,8)18-22/h19-22,37-38H,11-18H2,1-10H3. The van der Waals surface area contributed by atoms with Gasteiger partial charge in [-0.3, -0.25) is 4.57 Å². The van der Waals surface area contributed by atoms with E-state index in [0.29, 0.717) is 11.8 Å². The molecule has 0 aromatic carbocycles. The van der Waals surface area contributed by atoms with E-state index in [1.165, 1.54) is 14.2 Å². The third kappa shape index (κ3) is 11.9. The Labute approximate surface area is 272 Å². The number of carbonyl (C=O) groups is 2. The Balaban J connectivity index is 1.62. The first-order valence-corrected chi connectivity index (χ1v) is 17.3. The maximum absolute atomic E-state index is 13.0. The lowest BCUT2D eigenvalue weighted by Gasteiger charge is -2.46. The summed E-state index contributed by atoms with van der Waals surface area (Å²) < 4.78 is 33.8. The molecule has 0 unspecified atom stereocenters. The number of aromatic nitrogens is 3. The van der Waals surface area contributed by atoms with Crippen molar-refractivity contribution in [3.8, 4) is 0 Å². The molecule has 2 saturated heterocycles. The second kappa shape index (κ2) is 15.1. The van der Waals surface area contributed by atoms with E-state index in [1.54, 1.807) is 0 Å². The lowest BCUT2D eigenvalue weighted by atomic mass is 9.75. The summed E-state index contributed by atoms with van der Waals surface area (Å²) in [4.78, 5) is 44.9. The zero-order valence-electron chi connectivity index (χ0n) is 29.0. The Morgan fingerprint density at radius 3 is 1.39 bits per heavy atom. The van der Waals surface area contributed by atoms with Crippen molar-refractivity contribution in [3.63, 3.8) is 0 Å². The van der Waals surface area contributed by atoms with Crippen LogP contribution in [0.15, 0.2) is 9.98 Å². The van der Waals surface area contributed by atoms with Crippen LogP contribution in [0.3, 0.4) is 0 Å². The smallest absolute Gasteiger partial charge is 0.398 e. The number of hydrogen-bond acceptors (Lipinski definition) is 14. The van der Waals surface area contributed by atoms with Gasteiger partial charge in [0.25, 0.3) is 11.9 Å². The van der Waals surface area contributed by atoms with Crippen molar-refractivity contribution in [1.29, 1.82) is 0 Å². The summed E-state index contributed by atoms with van der Waals surface area (Å²) in [5, 5.41) is 7.29. The zero-order chi connectivity index (χ0) is 34.4. The molecule has 3 heterocycles. The highest BCUT2D eigenvalue weighted by atomic mass is 31.2. The fourth-order valence-electron chi connectivity index (χ4n) is 7.24. The first-order valence-electron chi connectivity index (χ1n) is 15.7. The van der Waals surface area contributed by atoms with Crippen molar-refractivity contribution in [2.24, 2.45) is 21.8 Å². The van der Waals surface area contributed by atoms with Gasteiger partial charge in [-0.1, -0.05) is 0 Å². The summed E-state index contributed by atoms with van der Waals surface area (Å²) >= 11 is 0. The van der Waals surface area contributed by atoms with Crippen molar-refractivity contribution in [1.82, 2.24) is 25.6 Å². The number of piperidine rings is 2. The molecule has 0 amide bonds. The zero-order valence-corrected chi connectivity index (χ0v) is 29.9. The van der Waals surface area contributed by atoms with Gasteiger partial charge in [0.15, 0.2) is 0 Å². The highest BCUT2D eigenvalue weighted by Gasteiger charge is 2.38. The Bertz CT molecular complexity index is 1220. The molecule has 0 saturated carbocycles. The Hall–Kier alpha value is -2.64. The molecule has 46 heavy (non-hydrogen) atoms. The van der Waals surface area contributed by atoms with Crippen molar-refractivity contribution < 1.29 is 32.7 Å². The molecule has 1 aromatic heterocycles. The van der Waals surface area contributed by atoms with Gasteiger partial charge in [0.2, 0.25) is 5.57 Å². The molecule has 14 nitrogen and oxygen atoms in total. The maximum atomic E-state index is 13.0. The molecular weight excluding hydrogens is 613 g/mol. The minimum Gasteiger partial charge on any atom is -0.461 e. The number of rotatable bonds is 13. The summed E-state index contributed by atoms with van der Waals surface area (Å²) in [7, 11) is -1.60. The summed E-state index contributed by atoms with van der Waals surface area (Å²) in [6, 6.07) is 0. The minimum absolute atomic E-state index is 0.00318. The van der Waals surface area contributed by atoms with Crippen molar-refractivity contribution in [2.45, 2.75) is 116 Å². The van der Waals surface area contributed by atoms with E-state index in [2.05, 4.69) is 91.0 Å². The van der Waals surface area contributed by atoms with Gasteiger partial charge in [-0.2, -0.15) is 15.0 Å². The number of aliphatic imine (C=N–C) groups is 2. The molecule has 2 aliphatic heterocycles. The number of hydrogen-bond donors (Lipinski definition) is 2. The van der Waals surface area contributed by atoms with Gasteiger partial charge in [-0.25, -0.2) is 19.6 Å². The largest absolute Gasteiger partial charge is 0.461 e. The van der Waals surface area contributed by atoms with Gasteiger partial charge in [0.1, 0.15) is 12.4 Å². The predicted molar refractivity (Wildman–Crippen MR) is 177 cm³/mol. The number of ether oxygens (including phenoxy) is 2. The van der Waals surface area contributed by atoms with Crippen molar-refractivity contribution in [3.05, 3.63) is 0 Å². The SMILES string of the molecule is COP(=O)(OC)c1nc(N=CC(=O)OCCC2CC(C)(C)NC(C)(C)C2)nc(N=CC(=O)OCCC2CC(C)(C)NC(C)(C)C2)n1. The quantitative estimate of drug-likeness (QED) is 0.173. The van der Waals surface area contributed by atoms with Crippen LogP contribution in [-0.2, 0) is 32.7 Å². The average Bonchev–Trinajstić information content (AvgIpc) is 2.91. The van der Waals surface area contributed by atoms with E-state index < -0.39 is 19.5 Å². The second-order valence-corrected chi connectivity index (χ2v) is 17.0. The van der Waals surface area contributed by atoms with E-state index in [-0.39, 0.29) is 52.8 Å². The predicted octanol–water partition coefficient (Wildman–Crippen LogP) is 4.37. The molecule has 0 bridgehead atoms. The molecule has 258 valence electrons. The first-order chi connectivity index (χ1) is 21.2. The molecule has 2 aliphatic rings. The lowest BCUT2D eigenvalue weighted by molar-refractivity contribution is -0.136. The van der Waals surface area contributed by atoms with Gasteiger partial charge in [-0.05, 0) is 106 Å². The lowest BCUT2D eigenvalue weighted by Crippen LogP contribution is -2.57. The van der Waals surface area contributed by atoms with Gasteiger partial charge in [0.05, 0.1) is 13.2 Å². The van der Waals surface area contributed by atoms with Crippen LogP contribution in [0.2, 0.25) is 0 Å². The van der Waals surface area contributed by atoms with Crippen LogP contribution in [0.1, 0.15) is 93.9 Å². The van der Waals surface area contributed by atoms with Crippen LogP contribution in [0.4, 0.5) is 11.9 Å². The fourth-order valence-corrected chi connectivity index (χ4v) is 8.14. The summed E-state index contributed by atoms with van der Waals surface area (Å²) in [5.74, 6) is -1.18. The molecule has 15 heteroatoms. The maximum Gasteiger partial charge on any atom is 0.398 e. The molecule has 0 radical (unpaired) electrons. The highest BCUT2D eigenvalue weighted by molar-refractivity contribution is 7.61. The fraction of sp³-hybridized carbons (Fsp3) is 0.774. The van der Waals surface area contributed by atoms with E-state index in [1.807, 2.05) is 0 Å². The molecule has 2 fully saturated rings. The molecule has 0 atom stereocenters. The molecule has 2 N–H and O–H groups in total. The summed E-state index contributed by atoms with van der Waals surface area (Å²) in [6.07, 6.45) is 7.17. The van der Waals surface area contributed by atoms with Crippen LogP contribution < -0.4 is 16.2 Å². The number of esters is 2. The number of nitrogens with zero attached hydrogens (tertiary/aromatic N) is 5. The molecular formula is C31H52N7O7P. The second-order valence-electron chi connectivity index (χ2n) is 14.9. The molecule has 0 aliphatic carbocycles. The van der Waals surface area contributed by atoms with Crippen LogP contribution in [0.5, 0.6) is 0 Å². The van der Waals surface area contributed by atoms with Crippen LogP contribution in [-0.4, -0.2) is 88.9 Å². The minimum atomic E-state index is -3.94. The van der Waals surface area contributed by atoms with Crippen LogP contribution in [0.25, 0.3) is 0 Å². The van der Waals surface area contributed by atoms with Crippen LogP contribution in [0, 0.1) is 11.8 Å². The normalized spacial score (nSPS) is 21.4. The van der Waals surface area contributed by atoms with Crippen LogP contribution >= 0.6 is 7.60 Å². The number of carbonyl (C=O) groups excluding carboxylic acids is 2. The van der Waals surface area contributed by atoms with E-state index >= 15 is 0 Å². The average molecular weight is 666 g/mol. The van der Waals surface area contributed by atoms with Crippen molar-refractivity contribution >= 4 is 49.4 Å². The monoisotopic (exact) mass is 665 g/mol. The topological polar surface area (TPSA) is 176 Å². The Morgan fingerprint density at radius 1 is 0.717 bits per heavy atom. The van der Waals surface area contributed by atoms with Gasteiger partial charge < -0.3 is 29.2 Å². The van der Waals surface area contributed by atoms with Gasteiger partial charge >= 0.3 is 19.5 Å². The summed E-state index contributed by atoms with van der Waals surface area (Å²) in [5.41, 5.74) is -0.401. The first kappa shape index (κ1) is 37.8. The third-order valence-electron chi connectivity index (χ3n) is 7.99. The summed E-state index contributed by atoms with van der Waals surface area (Å²) in [6.45, 7) is 17.9. The molecule has 3 rings (SSSR count). The van der Waals surface area contributed by atoms with E-state index in [4.69, 9.17) is 18.5 Å². The highest BCUT2D eigenvalue weighted by Crippen LogP contribution is 2.44. The van der Waals surface area contributed by atoms with E-state index in [9.17, 15) is 14.2 Å². The van der Waals surface area contributed by atoms with E-state index in [0.717, 1.165) is 51.0 Å².